The largest absolute Gasteiger partial charge is 0.494 e. The van der Waals surface area contributed by atoms with Gasteiger partial charge in [-0.3, -0.25) is 20.1 Å². The first-order chi connectivity index (χ1) is 18.1. The van der Waals surface area contributed by atoms with Crippen molar-refractivity contribution < 1.29 is 4.74 Å². The van der Waals surface area contributed by atoms with Crippen LogP contribution in [-0.4, -0.2) is 79.8 Å². The van der Waals surface area contributed by atoms with Crippen molar-refractivity contribution in [3.05, 3.63) is 78.8 Å². The molecule has 2 N–H and O–H groups in total. The standard InChI is InChI=1S/C28H26N8O/c1-35(2)9-10-37-26-11-18(15-36-16-25(26)36)22-12-20-24(14-31-22)33-34-28(20)23-13-19-21(32-23)5-8-30-27(19)17-3-6-29-7-4-17/h3-8,11-15,25,32H,9-10,16H2,1-2H3,(H,33,34). The summed E-state index contributed by atoms with van der Waals surface area (Å²) in [5.41, 5.74) is 7.54. The molecule has 7 heterocycles. The van der Waals surface area contributed by atoms with Gasteiger partial charge in [-0.15, -0.1) is 0 Å². The molecule has 1 unspecified atom stereocenters. The van der Waals surface area contributed by atoms with Gasteiger partial charge in [-0.05, 0) is 50.5 Å². The highest BCUT2D eigenvalue weighted by atomic mass is 16.5. The van der Waals surface area contributed by atoms with Crippen molar-refractivity contribution in [2.45, 2.75) is 6.04 Å². The molecule has 5 aromatic heterocycles. The Morgan fingerprint density at radius 3 is 2.76 bits per heavy atom. The molecule has 7 rings (SSSR count). The van der Waals surface area contributed by atoms with E-state index >= 15 is 0 Å². The Labute approximate surface area is 213 Å². The van der Waals surface area contributed by atoms with Gasteiger partial charge in [-0.25, -0.2) is 0 Å². The Morgan fingerprint density at radius 2 is 1.89 bits per heavy atom. The molecule has 0 spiro atoms. The number of rotatable bonds is 7. The van der Waals surface area contributed by atoms with Crippen LogP contribution in [0.15, 0.2) is 73.2 Å². The van der Waals surface area contributed by atoms with Crippen LogP contribution in [0, 0.1) is 0 Å². The van der Waals surface area contributed by atoms with Crippen LogP contribution in [0.4, 0.5) is 0 Å². The minimum atomic E-state index is 0.355. The van der Waals surface area contributed by atoms with E-state index < -0.39 is 0 Å². The van der Waals surface area contributed by atoms with Crippen molar-refractivity contribution in [2.75, 3.05) is 33.8 Å². The number of H-pyrrole nitrogens is 2. The minimum absolute atomic E-state index is 0.355. The SMILES string of the molecule is CN(C)CCOC1=CC(c2cc3c(-c4cc5c(-c6ccncc6)nccc5[nH]4)n[nH]c3cn2)=CN2CC12. The average molecular weight is 491 g/mol. The van der Waals surface area contributed by atoms with Gasteiger partial charge in [-0.1, -0.05) is 0 Å². The average Bonchev–Trinajstić information content (AvgIpc) is 3.38. The van der Waals surface area contributed by atoms with Crippen molar-refractivity contribution in [1.29, 1.82) is 0 Å². The van der Waals surface area contributed by atoms with Crippen molar-refractivity contribution in [3.8, 4) is 22.6 Å². The van der Waals surface area contributed by atoms with Gasteiger partial charge in [0.15, 0.2) is 0 Å². The van der Waals surface area contributed by atoms with E-state index in [1.165, 1.54) is 0 Å². The maximum Gasteiger partial charge on any atom is 0.121 e. The lowest BCUT2D eigenvalue weighted by Crippen LogP contribution is -2.19. The van der Waals surface area contributed by atoms with E-state index in [2.05, 4.69) is 73.5 Å². The molecule has 0 aromatic carbocycles. The Kier molecular flexibility index (Phi) is 5.03. The maximum absolute atomic E-state index is 6.12. The molecular formula is C28H26N8O. The molecule has 1 atom stereocenters. The van der Waals surface area contributed by atoms with Crippen molar-refractivity contribution in [2.24, 2.45) is 0 Å². The third-order valence-electron chi connectivity index (χ3n) is 6.89. The third-order valence-corrected chi connectivity index (χ3v) is 6.89. The zero-order chi connectivity index (χ0) is 24.9. The summed E-state index contributed by atoms with van der Waals surface area (Å²) in [6.07, 6.45) is 11.5. The summed E-state index contributed by atoms with van der Waals surface area (Å²) >= 11 is 0. The number of ether oxygens (including phenoxy) is 1. The molecule has 0 aliphatic carbocycles. The highest BCUT2D eigenvalue weighted by Crippen LogP contribution is 2.37. The highest BCUT2D eigenvalue weighted by Gasteiger charge is 2.39. The lowest BCUT2D eigenvalue weighted by atomic mass is 10.1. The fourth-order valence-electron chi connectivity index (χ4n) is 4.84. The first-order valence-electron chi connectivity index (χ1n) is 12.3. The number of aromatic nitrogens is 6. The summed E-state index contributed by atoms with van der Waals surface area (Å²) in [6.45, 7) is 2.54. The summed E-state index contributed by atoms with van der Waals surface area (Å²) in [6, 6.07) is 10.5. The van der Waals surface area contributed by atoms with Gasteiger partial charge in [0.1, 0.15) is 24.1 Å². The predicted octanol–water partition coefficient (Wildman–Crippen LogP) is 4.06. The van der Waals surface area contributed by atoms with Gasteiger partial charge in [0.2, 0.25) is 0 Å². The number of fused-ring (bicyclic) bond motifs is 3. The molecule has 9 nitrogen and oxygen atoms in total. The first-order valence-corrected chi connectivity index (χ1v) is 12.3. The second kappa shape index (κ2) is 8.56. The molecule has 2 aliphatic rings. The van der Waals surface area contributed by atoms with Crippen LogP contribution in [-0.2, 0) is 4.74 Å². The van der Waals surface area contributed by atoms with Crippen LogP contribution in [0.2, 0.25) is 0 Å². The third kappa shape index (κ3) is 3.93. The predicted molar refractivity (Wildman–Crippen MR) is 143 cm³/mol. The summed E-state index contributed by atoms with van der Waals surface area (Å²) in [5, 5.41) is 9.83. The van der Waals surface area contributed by atoms with E-state index in [9.17, 15) is 0 Å². The van der Waals surface area contributed by atoms with Crippen molar-refractivity contribution >= 4 is 27.4 Å². The molecule has 1 saturated heterocycles. The Balaban J connectivity index is 1.25. The van der Waals surface area contributed by atoms with E-state index in [-0.39, 0.29) is 0 Å². The molecule has 1 fully saturated rings. The number of nitrogens with one attached hydrogen (secondary N) is 2. The van der Waals surface area contributed by atoms with E-state index in [0.29, 0.717) is 12.6 Å². The van der Waals surface area contributed by atoms with Crippen LogP contribution in [0.3, 0.4) is 0 Å². The molecule has 2 aliphatic heterocycles. The zero-order valence-electron chi connectivity index (χ0n) is 20.6. The molecule has 0 radical (unpaired) electrons. The number of likely N-dealkylation sites (N-methyl/N-ethyl adjacent to an activating group) is 1. The Hall–Kier alpha value is -4.50. The van der Waals surface area contributed by atoms with Crippen molar-refractivity contribution in [1.82, 2.24) is 39.9 Å². The maximum atomic E-state index is 6.12. The smallest absolute Gasteiger partial charge is 0.121 e. The molecule has 184 valence electrons. The second-order valence-corrected chi connectivity index (χ2v) is 9.72. The molecule has 0 amide bonds. The normalized spacial score (nSPS) is 16.7. The number of pyridine rings is 3. The zero-order valence-corrected chi connectivity index (χ0v) is 20.6. The summed E-state index contributed by atoms with van der Waals surface area (Å²) in [7, 11) is 4.11. The van der Waals surface area contributed by atoms with Crippen LogP contribution in [0.1, 0.15) is 5.69 Å². The fourth-order valence-corrected chi connectivity index (χ4v) is 4.84. The molecule has 37 heavy (non-hydrogen) atoms. The van der Waals surface area contributed by atoms with E-state index in [1.807, 2.05) is 30.6 Å². The van der Waals surface area contributed by atoms with E-state index in [4.69, 9.17) is 9.72 Å². The highest BCUT2D eigenvalue weighted by molar-refractivity contribution is 6.00. The fraction of sp³-hybridized carbons (Fsp3) is 0.214. The van der Waals surface area contributed by atoms with Gasteiger partial charge in [0.05, 0.1) is 28.8 Å². The van der Waals surface area contributed by atoms with Crippen LogP contribution in [0.5, 0.6) is 0 Å². The minimum Gasteiger partial charge on any atom is -0.494 e. The monoisotopic (exact) mass is 490 g/mol. The Morgan fingerprint density at radius 1 is 1.03 bits per heavy atom. The molecule has 0 bridgehead atoms. The lowest BCUT2D eigenvalue weighted by molar-refractivity contribution is 0.174. The van der Waals surface area contributed by atoms with Gasteiger partial charge in [0, 0.05) is 65.3 Å². The van der Waals surface area contributed by atoms with Crippen molar-refractivity contribution in [3.63, 3.8) is 0 Å². The topological polar surface area (TPSA) is 98.6 Å². The van der Waals surface area contributed by atoms with E-state index in [1.54, 1.807) is 12.4 Å². The van der Waals surface area contributed by atoms with Gasteiger partial charge in [0.25, 0.3) is 0 Å². The number of aromatic amines is 2. The molecular weight excluding hydrogens is 464 g/mol. The summed E-state index contributed by atoms with van der Waals surface area (Å²) < 4.78 is 6.12. The summed E-state index contributed by atoms with van der Waals surface area (Å²) in [5.74, 6) is 1.01. The second-order valence-electron chi connectivity index (χ2n) is 9.72. The quantitative estimate of drug-likeness (QED) is 0.332. The van der Waals surface area contributed by atoms with E-state index in [0.717, 1.165) is 74.6 Å². The Bertz CT molecular complexity index is 1680. The number of nitrogens with zero attached hydrogens (tertiary/aromatic N) is 6. The van der Waals surface area contributed by atoms with Crippen LogP contribution < -0.4 is 0 Å². The number of hydrogen-bond acceptors (Lipinski definition) is 7. The lowest BCUT2D eigenvalue weighted by Gasteiger charge is -2.17. The molecule has 5 aromatic rings. The number of hydrogen-bond donors (Lipinski definition) is 2. The van der Waals surface area contributed by atoms with Gasteiger partial charge < -0.3 is 19.5 Å². The first kappa shape index (κ1) is 21.8. The molecule has 0 saturated carbocycles. The summed E-state index contributed by atoms with van der Waals surface area (Å²) in [4.78, 5) is 21.4. The van der Waals surface area contributed by atoms with Crippen LogP contribution >= 0.6 is 0 Å². The number of allylic oxidation sites excluding steroid dienone is 2. The van der Waals surface area contributed by atoms with Gasteiger partial charge in [-0.2, -0.15) is 5.10 Å². The van der Waals surface area contributed by atoms with Gasteiger partial charge >= 0.3 is 0 Å². The van der Waals surface area contributed by atoms with Crippen LogP contribution in [0.25, 0.3) is 50.0 Å². The molecule has 9 heteroatoms.